The number of nitrogen functional groups attached to an aromatic ring is 1. The van der Waals surface area contributed by atoms with E-state index in [4.69, 9.17) is 10.5 Å². The second kappa shape index (κ2) is 4.29. The molecule has 0 radical (unpaired) electrons. The van der Waals surface area contributed by atoms with Crippen LogP contribution in [0.1, 0.15) is 25.0 Å². The van der Waals surface area contributed by atoms with Gasteiger partial charge in [-0.1, -0.05) is 0 Å². The molecule has 1 aromatic carbocycles. The number of ether oxygens (including phenoxy) is 1. The van der Waals surface area contributed by atoms with Crippen LogP contribution in [-0.2, 0) is 16.9 Å². The van der Waals surface area contributed by atoms with Crippen molar-refractivity contribution in [3.63, 3.8) is 0 Å². The van der Waals surface area contributed by atoms with Crippen LogP contribution in [0.25, 0.3) is 0 Å². The summed E-state index contributed by atoms with van der Waals surface area (Å²) in [4.78, 5) is 12.3. The first kappa shape index (κ1) is 14.5. The molecule has 0 aromatic heterocycles. The zero-order chi connectivity index (χ0) is 15.3. The molecule has 20 heavy (non-hydrogen) atoms. The van der Waals surface area contributed by atoms with E-state index in [0.717, 1.165) is 4.90 Å². The number of nitrogens with zero attached hydrogens (tertiary/aromatic N) is 1. The van der Waals surface area contributed by atoms with Crippen LogP contribution < -0.4 is 10.5 Å². The Labute approximate surface area is 114 Å². The van der Waals surface area contributed by atoms with E-state index >= 15 is 0 Å². The molecule has 0 saturated carbocycles. The fraction of sp³-hybridized carbons (Fsp3) is 0.462. The minimum Gasteiger partial charge on any atom is -0.495 e. The monoisotopic (exact) mass is 288 g/mol. The summed E-state index contributed by atoms with van der Waals surface area (Å²) in [6.45, 7) is 3.02. The van der Waals surface area contributed by atoms with Gasteiger partial charge in [0.05, 0.1) is 18.3 Å². The Hall–Kier alpha value is -1.92. The highest BCUT2D eigenvalue weighted by Crippen LogP contribution is 2.43. The Morgan fingerprint density at radius 1 is 1.40 bits per heavy atom. The molecule has 110 valence electrons. The highest BCUT2D eigenvalue weighted by molar-refractivity contribution is 5.84. The third-order valence-corrected chi connectivity index (χ3v) is 3.61. The summed E-state index contributed by atoms with van der Waals surface area (Å²) in [7, 11) is 1.43. The number of halogens is 3. The molecule has 1 heterocycles. The summed E-state index contributed by atoms with van der Waals surface area (Å²) >= 11 is 0. The van der Waals surface area contributed by atoms with Crippen molar-refractivity contribution >= 4 is 11.6 Å². The Balaban J connectivity index is 2.49. The van der Waals surface area contributed by atoms with Gasteiger partial charge in [-0.3, -0.25) is 4.79 Å². The van der Waals surface area contributed by atoms with E-state index < -0.39 is 17.6 Å². The summed E-state index contributed by atoms with van der Waals surface area (Å²) in [5, 5.41) is 0. The van der Waals surface area contributed by atoms with Gasteiger partial charge in [0, 0.05) is 6.54 Å². The number of anilines is 1. The number of amides is 1. The number of nitrogens with two attached hydrogens (primary N) is 1. The minimum absolute atomic E-state index is 0.116. The summed E-state index contributed by atoms with van der Waals surface area (Å²) in [5.74, 6) is -1.46. The number of methoxy groups -OCH3 is 1. The summed E-state index contributed by atoms with van der Waals surface area (Å²) < 4.78 is 43.0. The lowest BCUT2D eigenvalue weighted by Crippen LogP contribution is -2.46. The molecule has 0 saturated heterocycles. The van der Waals surface area contributed by atoms with E-state index in [9.17, 15) is 18.0 Å². The van der Waals surface area contributed by atoms with Gasteiger partial charge in [0.2, 0.25) is 0 Å². The molecule has 0 aliphatic carbocycles. The third-order valence-electron chi connectivity index (χ3n) is 3.61. The normalized spacial score (nSPS) is 17.0. The SMILES string of the molecule is COc1cc2c(cc1N)CN(C(=O)C(F)(F)F)C2(C)C. The number of carbonyl (C=O) groups is 1. The molecule has 2 rings (SSSR count). The molecule has 7 heteroatoms. The quantitative estimate of drug-likeness (QED) is 0.807. The van der Waals surface area contributed by atoms with Crippen LogP contribution in [0.15, 0.2) is 12.1 Å². The molecule has 0 spiro atoms. The lowest BCUT2D eigenvalue weighted by Gasteiger charge is -2.33. The Morgan fingerprint density at radius 3 is 2.50 bits per heavy atom. The summed E-state index contributed by atoms with van der Waals surface area (Å²) in [6, 6.07) is 3.15. The van der Waals surface area contributed by atoms with E-state index in [1.807, 2.05) is 0 Å². The van der Waals surface area contributed by atoms with Gasteiger partial charge >= 0.3 is 12.1 Å². The molecule has 0 atom stereocenters. The lowest BCUT2D eigenvalue weighted by molar-refractivity contribution is -0.191. The van der Waals surface area contributed by atoms with Gasteiger partial charge in [-0.15, -0.1) is 0 Å². The van der Waals surface area contributed by atoms with Crippen LogP contribution >= 0.6 is 0 Å². The van der Waals surface area contributed by atoms with Gasteiger partial charge in [-0.25, -0.2) is 0 Å². The van der Waals surface area contributed by atoms with Crippen molar-refractivity contribution in [1.82, 2.24) is 4.90 Å². The number of hydrogen-bond donors (Lipinski definition) is 1. The van der Waals surface area contributed by atoms with Crippen molar-refractivity contribution in [2.75, 3.05) is 12.8 Å². The molecule has 0 bridgehead atoms. The minimum atomic E-state index is -4.89. The van der Waals surface area contributed by atoms with Gasteiger partial charge in [-0.05, 0) is 37.1 Å². The maximum absolute atomic E-state index is 12.7. The average molecular weight is 288 g/mol. The van der Waals surface area contributed by atoms with Gasteiger partial charge in [0.15, 0.2) is 0 Å². The van der Waals surface area contributed by atoms with E-state index in [2.05, 4.69) is 0 Å². The van der Waals surface area contributed by atoms with Crippen molar-refractivity contribution in [3.05, 3.63) is 23.3 Å². The van der Waals surface area contributed by atoms with Crippen LogP contribution in [-0.4, -0.2) is 24.1 Å². The van der Waals surface area contributed by atoms with Crippen molar-refractivity contribution in [1.29, 1.82) is 0 Å². The number of benzene rings is 1. The van der Waals surface area contributed by atoms with Gasteiger partial charge in [0.25, 0.3) is 0 Å². The van der Waals surface area contributed by atoms with Crippen LogP contribution in [0, 0.1) is 0 Å². The Bertz CT molecular complexity index is 567. The van der Waals surface area contributed by atoms with Crippen LogP contribution in [0.2, 0.25) is 0 Å². The van der Waals surface area contributed by atoms with Gasteiger partial charge < -0.3 is 15.4 Å². The number of hydrogen-bond acceptors (Lipinski definition) is 3. The van der Waals surface area contributed by atoms with E-state index in [1.54, 1.807) is 26.0 Å². The van der Waals surface area contributed by atoms with Gasteiger partial charge in [0.1, 0.15) is 5.75 Å². The van der Waals surface area contributed by atoms with E-state index in [0.29, 0.717) is 22.6 Å². The molecule has 2 N–H and O–H groups in total. The highest BCUT2D eigenvalue weighted by atomic mass is 19.4. The summed E-state index contributed by atoms with van der Waals surface area (Å²) in [6.07, 6.45) is -4.89. The van der Waals surface area contributed by atoms with Crippen molar-refractivity contribution in [2.45, 2.75) is 32.1 Å². The molecule has 1 aliphatic rings. The maximum atomic E-state index is 12.7. The van der Waals surface area contributed by atoms with E-state index in [1.165, 1.54) is 7.11 Å². The molecule has 1 aliphatic heterocycles. The van der Waals surface area contributed by atoms with Crippen molar-refractivity contribution in [3.8, 4) is 5.75 Å². The number of rotatable bonds is 1. The molecule has 1 aromatic rings. The fourth-order valence-electron chi connectivity index (χ4n) is 2.51. The lowest BCUT2D eigenvalue weighted by atomic mass is 9.93. The summed E-state index contributed by atoms with van der Waals surface area (Å²) in [5.41, 5.74) is 6.23. The molecular formula is C13H15F3N2O2. The van der Waals surface area contributed by atoms with Crippen LogP contribution in [0.3, 0.4) is 0 Å². The molecular weight excluding hydrogens is 273 g/mol. The second-order valence-corrected chi connectivity index (χ2v) is 5.20. The predicted octanol–water partition coefficient (Wildman–Crippen LogP) is 2.42. The standard InChI is InChI=1S/C13H15F3N2O2/c1-12(2)8-5-10(20-3)9(17)4-7(8)6-18(12)11(19)13(14,15)16/h4-5H,6,17H2,1-3H3. The zero-order valence-corrected chi connectivity index (χ0v) is 11.3. The average Bonchev–Trinajstić information content (AvgIpc) is 2.57. The third kappa shape index (κ3) is 2.07. The largest absolute Gasteiger partial charge is 0.495 e. The molecule has 0 unspecified atom stereocenters. The molecule has 4 nitrogen and oxygen atoms in total. The first-order chi connectivity index (χ1) is 9.09. The zero-order valence-electron chi connectivity index (χ0n) is 11.3. The topological polar surface area (TPSA) is 55.6 Å². The number of alkyl halides is 3. The van der Waals surface area contributed by atoms with Crippen LogP contribution in [0.5, 0.6) is 5.75 Å². The molecule has 0 fully saturated rings. The van der Waals surface area contributed by atoms with Crippen molar-refractivity contribution in [2.24, 2.45) is 0 Å². The number of fused-ring (bicyclic) bond motifs is 1. The van der Waals surface area contributed by atoms with Crippen molar-refractivity contribution < 1.29 is 22.7 Å². The maximum Gasteiger partial charge on any atom is 0.471 e. The highest BCUT2D eigenvalue weighted by Gasteiger charge is 2.50. The first-order valence-corrected chi connectivity index (χ1v) is 5.94. The predicted molar refractivity (Wildman–Crippen MR) is 67.0 cm³/mol. The first-order valence-electron chi connectivity index (χ1n) is 5.94. The Kier molecular flexibility index (Phi) is 3.11. The fourth-order valence-corrected chi connectivity index (χ4v) is 2.51. The second-order valence-electron chi connectivity index (χ2n) is 5.20. The Morgan fingerprint density at radius 2 is 2.00 bits per heavy atom. The van der Waals surface area contributed by atoms with E-state index in [-0.39, 0.29) is 6.54 Å². The molecule has 1 amide bonds. The smallest absolute Gasteiger partial charge is 0.471 e. The van der Waals surface area contributed by atoms with Gasteiger partial charge in [-0.2, -0.15) is 13.2 Å². The van der Waals surface area contributed by atoms with Crippen LogP contribution in [0.4, 0.5) is 18.9 Å². The number of carbonyl (C=O) groups excluding carboxylic acids is 1.